The van der Waals surface area contributed by atoms with Crippen molar-refractivity contribution >= 4 is 34.8 Å². The second kappa shape index (κ2) is 4.88. The lowest BCUT2D eigenvalue weighted by atomic mass is 10.1. The summed E-state index contributed by atoms with van der Waals surface area (Å²) in [5.74, 6) is -2.49. The van der Waals surface area contributed by atoms with Gasteiger partial charge in [0, 0.05) is 12.1 Å². The molecule has 22 heavy (non-hydrogen) atoms. The van der Waals surface area contributed by atoms with Crippen LogP contribution in [0.15, 0.2) is 36.4 Å². The number of nitro benzene ring substituents is 1. The molecule has 2 amide bonds. The SMILES string of the molecule is O=C1c2ccccc2C(=O)N1c1cc(F)c([N+](=O)[O-])cc1Cl. The summed E-state index contributed by atoms with van der Waals surface area (Å²) in [5.41, 5.74) is -0.717. The number of anilines is 1. The Kier molecular flexibility index (Phi) is 3.14. The van der Waals surface area contributed by atoms with Crippen molar-refractivity contribution in [1.29, 1.82) is 0 Å². The third-order valence-electron chi connectivity index (χ3n) is 3.25. The van der Waals surface area contributed by atoms with E-state index < -0.39 is 28.2 Å². The molecule has 8 heteroatoms. The van der Waals surface area contributed by atoms with E-state index in [0.717, 1.165) is 6.07 Å². The minimum atomic E-state index is -1.18. The average Bonchev–Trinajstić information content (AvgIpc) is 2.73. The van der Waals surface area contributed by atoms with Gasteiger partial charge in [-0.25, -0.2) is 4.90 Å². The number of rotatable bonds is 2. The molecular formula is C14H6ClFN2O4. The van der Waals surface area contributed by atoms with E-state index in [2.05, 4.69) is 0 Å². The molecule has 0 atom stereocenters. The number of fused-ring (bicyclic) bond motifs is 1. The molecule has 0 unspecified atom stereocenters. The number of hydrogen-bond acceptors (Lipinski definition) is 4. The van der Waals surface area contributed by atoms with Crippen molar-refractivity contribution in [3.63, 3.8) is 0 Å². The molecule has 6 nitrogen and oxygen atoms in total. The highest BCUT2D eigenvalue weighted by Crippen LogP contribution is 2.36. The van der Waals surface area contributed by atoms with Crippen molar-refractivity contribution in [2.75, 3.05) is 4.90 Å². The number of hydrogen-bond donors (Lipinski definition) is 0. The predicted octanol–water partition coefficient (Wildman–Crippen LogP) is 3.19. The molecule has 2 aromatic carbocycles. The lowest BCUT2D eigenvalue weighted by molar-refractivity contribution is -0.387. The summed E-state index contributed by atoms with van der Waals surface area (Å²) in [5, 5.41) is 10.4. The largest absolute Gasteiger partial charge is 0.306 e. The van der Waals surface area contributed by atoms with Crippen molar-refractivity contribution in [3.8, 4) is 0 Å². The summed E-state index contributed by atoms with van der Waals surface area (Å²) in [7, 11) is 0. The van der Waals surface area contributed by atoms with E-state index in [9.17, 15) is 24.1 Å². The van der Waals surface area contributed by atoms with Gasteiger partial charge >= 0.3 is 5.69 Å². The summed E-state index contributed by atoms with van der Waals surface area (Å²) in [4.78, 5) is 35.0. The molecule has 3 rings (SSSR count). The van der Waals surface area contributed by atoms with E-state index >= 15 is 0 Å². The van der Waals surface area contributed by atoms with Crippen molar-refractivity contribution in [2.45, 2.75) is 0 Å². The number of benzene rings is 2. The van der Waals surface area contributed by atoms with Gasteiger partial charge in [0.15, 0.2) is 0 Å². The normalized spacial score (nSPS) is 13.5. The van der Waals surface area contributed by atoms with Gasteiger partial charge in [-0.2, -0.15) is 4.39 Å². The van der Waals surface area contributed by atoms with E-state index in [0.29, 0.717) is 11.0 Å². The maximum absolute atomic E-state index is 13.8. The van der Waals surface area contributed by atoms with Gasteiger partial charge in [0.1, 0.15) is 0 Å². The molecule has 1 heterocycles. The van der Waals surface area contributed by atoms with E-state index in [-0.39, 0.29) is 21.8 Å². The van der Waals surface area contributed by atoms with Crippen LogP contribution in [0.5, 0.6) is 0 Å². The van der Waals surface area contributed by atoms with Crippen LogP contribution in [0.2, 0.25) is 5.02 Å². The zero-order chi connectivity index (χ0) is 16.0. The summed E-state index contributed by atoms with van der Waals surface area (Å²) in [6.07, 6.45) is 0. The molecule has 0 saturated heterocycles. The van der Waals surface area contributed by atoms with Gasteiger partial charge in [-0.05, 0) is 12.1 Å². The Morgan fingerprint density at radius 2 is 1.64 bits per heavy atom. The molecule has 0 bridgehead atoms. The van der Waals surface area contributed by atoms with Crippen molar-refractivity contribution < 1.29 is 18.9 Å². The Morgan fingerprint density at radius 1 is 1.09 bits per heavy atom. The van der Waals surface area contributed by atoms with Crippen LogP contribution in [-0.2, 0) is 0 Å². The van der Waals surface area contributed by atoms with Crippen molar-refractivity contribution in [3.05, 3.63) is 68.5 Å². The quantitative estimate of drug-likeness (QED) is 0.483. The third kappa shape index (κ3) is 1.94. The van der Waals surface area contributed by atoms with Gasteiger partial charge in [0.25, 0.3) is 11.8 Å². The monoisotopic (exact) mass is 320 g/mol. The highest BCUT2D eigenvalue weighted by Gasteiger charge is 2.38. The van der Waals surface area contributed by atoms with Crippen molar-refractivity contribution in [2.24, 2.45) is 0 Å². The highest BCUT2D eigenvalue weighted by molar-refractivity contribution is 6.39. The van der Waals surface area contributed by atoms with Gasteiger partial charge in [0.05, 0.1) is 26.8 Å². The average molecular weight is 321 g/mol. The van der Waals surface area contributed by atoms with Gasteiger partial charge in [0.2, 0.25) is 5.82 Å². The summed E-state index contributed by atoms with van der Waals surface area (Å²) < 4.78 is 13.8. The van der Waals surface area contributed by atoms with Crippen LogP contribution >= 0.6 is 11.6 Å². The second-order valence-corrected chi connectivity index (χ2v) is 4.91. The van der Waals surface area contributed by atoms with Gasteiger partial charge in [-0.15, -0.1) is 0 Å². The molecule has 0 aromatic heterocycles. The summed E-state index contributed by atoms with van der Waals surface area (Å²) in [6, 6.07) is 7.59. The fraction of sp³-hybridized carbons (Fsp3) is 0. The first kappa shape index (κ1) is 14.2. The smallest absolute Gasteiger partial charge is 0.268 e. The van der Waals surface area contributed by atoms with Crippen LogP contribution in [0.25, 0.3) is 0 Å². The molecule has 0 N–H and O–H groups in total. The maximum Gasteiger partial charge on any atom is 0.306 e. The van der Waals surface area contributed by atoms with Crippen molar-refractivity contribution in [1.82, 2.24) is 0 Å². The molecule has 0 spiro atoms. The number of imide groups is 1. The minimum absolute atomic E-state index is 0.169. The Balaban J connectivity index is 2.14. The first-order valence-electron chi connectivity index (χ1n) is 6.03. The standard InChI is InChI=1S/C14H6ClFN2O4/c15-9-5-12(18(21)22)10(16)6-11(9)17-13(19)7-3-1-2-4-8(7)14(17)20/h1-6H. The number of nitro groups is 1. The molecule has 1 aliphatic heterocycles. The Morgan fingerprint density at radius 3 is 2.14 bits per heavy atom. The Labute approximate surface area is 127 Å². The van der Waals surface area contributed by atoms with Crippen LogP contribution in [0, 0.1) is 15.9 Å². The lowest BCUT2D eigenvalue weighted by Gasteiger charge is -2.15. The number of nitrogens with zero attached hydrogens (tertiary/aromatic N) is 2. The zero-order valence-electron chi connectivity index (χ0n) is 10.7. The van der Waals surface area contributed by atoms with E-state index in [1.807, 2.05) is 0 Å². The molecule has 0 radical (unpaired) electrons. The van der Waals surface area contributed by atoms with E-state index in [1.54, 1.807) is 12.1 Å². The zero-order valence-corrected chi connectivity index (χ0v) is 11.5. The van der Waals surface area contributed by atoms with Gasteiger partial charge in [-0.1, -0.05) is 23.7 Å². The molecule has 0 fully saturated rings. The first-order valence-corrected chi connectivity index (χ1v) is 6.41. The molecule has 0 aliphatic carbocycles. The summed E-state index contributed by atoms with van der Waals surface area (Å²) >= 11 is 5.88. The van der Waals surface area contributed by atoms with Crippen LogP contribution in [0.3, 0.4) is 0 Å². The molecule has 2 aromatic rings. The maximum atomic E-state index is 13.8. The van der Waals surface area contributed by atoms with Crippen LogP contribution in [0.4, 0.5) is 15.8 Å². The second-order valence-electron chi connectivity index (χ2n) is 4.50. The van der Waals surface area contributed by atoms with E-state index in [1.165, 1.54) is 12.1 Å². The Bertz CT molecular complexity index is 818. The minimum Gasteiger partial charge on any atom is -0.268 e. The third-order valence-corrected chi connectivity index (χ3v) is 3.55. The fourth-order valence-corrected chi connectivity index (χ4v) is 2.49. The van der Waals surface area contributed by atoms with Gasteiger partial charge < -0.3 is 0 Å². The molecule has 0 saturated carbocycles. The van der Waals surface area contributed by atoms with E-state index in [4.69, 9.17) is 11.6 Å². The molecular weight excluding hydrogens is 315 g/mol. The number of amides is 2. The first-order chi connectivity index (χ1) is 10.4. The van der Waals surface area contributed by atoms with Crippen LogP contribution in [-0.4, -0.2) is 16.7 Å². The van der Waals surface area contributed by atoms with Crippen LogP contribution < -0.4 is 4.90 Å². The van der Waals surface area contributed by atoms with Gasteiger partial charge in [-0.3, -0.25) is 19.7 Å². The highest BCUT2D eigenvalue weighted by atomic mass is 35.5. The lowest BCUT2D eigenvalue weighted by Crippen LogP contribution is -2.29. The number of carbonyl (C=O) groups excluding carboxylic acids is 2. The molecule has 110 valence electrons. The predicted molar refractivity (Wildman–Crippen MR) is 75.6 cm³/mol. The topological polar surface area (TPSA) is 80.5 Å². The number of carbonyl (C=O) groups is 2. The fourth-order valence-electron chi connectivity index (χ4n) is 2.25. The van der Waals surface area contributed by atoms with Crippen LogP contribution in [0.1, 0.15) is 20.7 Å². The summed E-state index contributed by atoms with van der Waals surface area (Å²) in [6.45, 7) is 0. The molecule has 1 aliphatic rings. The number of halogens is 2. The Hall–Kier alpha value is -2.80.